The fraction of sp³-hybridized carbons (Fsp3) is 0.357. The van der Waals surface area contributed by atoms with Crippen molar-refractivity contribution in [1.29, 1.82) is 0 Å². The van der Waals surface area contributed by atoms with E-state index < -0.39 is 11.5 Å². The van der Waals surface area contributed by atoms with Crippen molar-refractivity contribution in [3.05, 3.63) is 35.4 Å². The second-order valence-electron chi connectivity index (χ2n) is 5.05. The van der Waals surface area contributed by atoms with Gasteiger partial charge in [-0.05, 0) is 12.8 Å². The summed E-state index contributed by atoms with van der Waals surface area (Å²) in [5, 5.41) is 14.2. The average molecular weight is 298 g/mol. The van der Waals surface area contributed by atoms with Gasteiger partial charge in [0.25, 0.3) is 0 Å². The van der Waals surface area contributed by atoms with Crippen LogP contribution in [-0.4, -0.2) is 22.3 Å². The number of carbonyl (C=O) groups is 1. The molecule has 0 fully saturated rings. The predicted molar refractivity (Wildman–Crippen MR) is 76.3 cm³/mol. The quantitative estimate of drug-likeness (QED) is 0.525. The van der Waals surface area contributed by atoms with Crippen LogP contribution < -0.4 is 40.0 Å². The molecule has 0 saturated carbocycles. The minimum absolute atomic E-state index is 0. The van der Waals surface area contributed by atoms with E-state index in [1.807, 2.05) is 20.8 Å². The molecule has 6 heteroatoms. The number of nitrogens with one attached hydrogen (secondary N) is 1. The molecule has 1 unspecified atom stereocenters. The Morgan fingerprint density at radius 3 is 2.50 bits per heavy atom. The van der Waals surface area contributed by atoms with E-state index in [-0.39, 0.29) is 41.0 Å². The number of aliphatic imine (C=N–C) groups is 1. The van der Waals surface area contributed by atoms with Crippen molar-refractivity contribution in [2.24, 2.45) is 10.9 Å². The molecular weight excluding hydrogens is 283 g/mol. The molecule has 1 aliphatic rings. The van der Waals surface area contributed by atoms with E-state index in [4.69, 9.17) is 12.2 Å². The summed E-state index contributed by atoms with van der Waals surface area (Å²) < 4.78 is 0. The Labute approximate surface area is 146 Å². The Hall–Kier alpha value is -0.750. The third kappa shape index (κ3) is 2.96. The number of rotatable bonds is 3. The van der Waals surface area contributed by atoms with E-state index in [0.29, 0.717) is 16.4 Å². The van der Waals surface area contributed by atoms with Crippen molar-refractivity contribution in [2.75, 3.05) is 0 Å². The van der Waals surface area contributed by atoms with E-state index in [0.717, 1.165) is 0 Å². The monoisotopic (exact) mass is 298 g/mol. The maximum absolute atomic E-state index is 11.1. The third-order valence-electron chi connectivity index (χ3n) is 3.56. The predicted octanol–water partition coefficient (Wildman–Crippen LogP) is -1.85. The first-order valence-electron chi connectivity index (χ1n) is 6.08. The van der Waals surface area contributed by atoms with Crippen molar-refractivity contribution in [1.82, 2.24) is 5.32 Å². The molecule has 0 bridgehead atoms. The summed E-state index contributed by atoms with van der Waals surface area (Å²) in [6.07, 6.45) is 0. The van der Waals surface area contributed by atoms with Crippen molar-refractivity contribution < 1.29 is 39.5 Å². The zero-order valence-electron chi connectivity index (χ0n) is 12.1. The number of carboxylic acids is 1. The van der Waals surface area contributed by atoms with Crippen molar-refractivity contribution >= 4 is 29.0 Å². The summed E-state index contributed by atoms with van der Waals surface area (Å²) in [6, 6.07) is 6.62. The summed E-state index contributed by atoms with van der Waals surface area (Å²) in [5.74, 6) is -0.495. The molecule has 0 aliphatic carbocycles. The Morgan fingerprint density at radius 2 is 2.00 bits per heavy atom. The van der Waals surface area contributed by atoms with E-state index in [1.54, 1.807) is 18.2 Å². The minimum Gasteiger partial charge on any atom is -0.545 e. The zero-order chi connectivity index (χ0) is 14.2. The molecule has 0 saturated heterocycles. The summed E-state index contributed by atoms with van der Waals surface area (Å²) in [7, 11) is 0. The molecule has 4 nitrogen and oxygen atoms in total. The van der Waals surface area contributed by atoms with Gasteiger partial charge >= 0.3 is 29.6 Å². The fourth-order valence-electron chi connectivity index (χ4n) is 1.93. The van der Waals surface area contributed by atoms with Crippen molar-refractivity contribution in [3.63, 3.8) is 0 Å². The molecule has 0 amide bonds. The molecule has 100 valence electrons. The molecule has 0 spiro atoms. The molecule has 0 radical (unpaired) electrons. The number of nitrogens with zero attached hydrogens (tertiary/aromatic N) is 1. The molecule has 1 atom stereocenters. The van der Waals surface area contributed by atoms with Gasteiger partial charge in [0.2, 0.25) is 0 Å². The average Bonchev–Trinajstić information content (AvgIpc) is 2.67. The summed E-state index contributed by atoms with van der Waals surface area (Å²) in [6.45, 7) is 6.01. The van der Waals surface area contributed by atoms with Crippen molar-refractivity contribution in [3.8, 4) is 0 Å². The Bertz CT molecular complexity index is 586. The van der Waals surface area contributed by atoms with Crippen LogP contribution in [0.15, 0.2) is 29.3 Å². The van der Waals surface area contributed by atoms with Gasteiger partial charge in [0.1, 0.15) is 16.4 Å². The normalized spacial score (nSPS) is 21.2. The van der Waals surface area contributed by atoms with Crippen LogP contribution in [0.3, 0.4) is 0 Å². The number of carboxylic acid groups (broad SMARTS) is 1. The van der Waals surface area contributed by atoms with Crippen molar-refractivity contribution in [2.45, 2.75) is 26.3 Å². The number of hydrogen-bond donors (Lipinski definition) is 1. The zero-order valence-corrected chi connectivity index (χ0v) is 14.9. The first kappa shape index (κ1) is 17.3. The van der Waals surface area contributed by atoms with Gasteiger partial charge in [-0.15, -0.1) is 0 Å². The number of amidine groups is 1. The molecule has 2 rings (SSSR count). The number of hydrogen-bond acceptors (Lipinski definition) is 4. The van der Waals surface area contributed by atoms with Crippen LogP contribution in [0.1, 0.15) is 36.7 Å². The van der Waals surface area contributed by atoms with Crippen LogP contribution in [0.5, 0.6) is 0 Å². The minimum atomic E-state index is -1.22. The molecule has 1 aromatic rings. The summed E-state index contributed by atoms with van der Waals surface area (Å²) >= 11 is 5.33. The number of thiocarbonyl (C=S) groups is 1. The molecule has 1 aromatic carbocycles. The summed E-state index contributed by atoms with van der Waals surface area (Å²) in [4.78, 5) is 16.3. The number of benzene rings is 1. The van der Waals surface area contributed by atoms with Gasteiger partial charge in [-0.25, -0.2) is 0 Å². The van der Waals surface area contributed by atoms with Crippen LogP contribution in [0.25, 0.3) is 0 Å². The third-order valence-corrected chi connectivity index (χ3v) is 4.08. The van der Waals surface area contributed by atoms with E-state index in [9.17, 15) is 9.90 Å². The SMILES string of the molecule is CC(C)C1(C)N=C(c2ccccc2C(=O)[O-])NC1=S.[Na+]. The van der Waals surface area contributed by atoms with Crippen LogP contribution in [0.2, 0.25) is 0 Å². The van der Waals surface area contributed by atoms with Gasteiger partial charge in [0, 0.05) is 11.1 Å². The topological polar surface area (TPSA) is 64.5 Å². The molecule has 0 aromatic heterocycles. The van der Waals surface area contributed by atoms with E-state index in [2.05, 4.69) is 10.3 Å². The van der Waals surface area contributed by atoms with Crippen LogP contribution in [-0.2, 0) is 0 Å². The van der Waals surface area contributed by atoms with Crippen LogP contribution >= 0.6 is 12.2 Å². The second-order valence-corrected chi connectivity index (χ2v) is 5.46. The van der Waals surface area contributed by atoms with Crippen LogP contribution in [0, 0.1) is 5.92 Å². The van der Waals surface area contributed by atoms with Gasteiger partial charge in [-0.1, -0.05) is 50.3 Å². The first-order chi connectivity index (χ1) is 8.86. The molecule has 1 N–H and O–H groups in total. The summed E-state index contributed by atoms with van der Waals surface area (Å²) in [5.41, 5.74) is 0.128. The standard InChI is InChI=1S/C14H16N2O2S.Na/c1-8(2)14(3)13(19)15-11(16-14)9-6-4-5-7-10(9)12(17)18;/h4-8H,1-3H3,(H,17,18)(H,15,16,19);/q;+1/p-1. The van der Waals surface area contributed by atoms with Gasteiger partial charge in [-0.2, -0.15) is 0 Å². The van der Waals surface area contributed by atoms with E-state index in [1.165, 1.54) is 6.07 Å². The molecular formula is C14H15N2NaO2S. The van der Waals surface area contributed by atoms with Gasteiger partial charge in [0.05, 0.1) is 5.97 Å². The number of carbonyl (C=O) groups excluding carboxylic acids is 1. The molecule has 1 heterocycles. The Morgan fingerprint density at radius 1 is 1.40 bits per heavy atom. The maximum Gasteiger partial charge on any atom is 1.00 e. The fourth-order valence-corrected chi connectivity index (χ4v) is 2.31. The smallest absolute Gasteiger partial charge is 0.545 e. The second kappa shape index (κ2) is 6.35. The first-order valence-corrected chi connectivity index (χ1v) is 6.49. The van der Waals surface area contributed by atoms with Crippen LogP contribution in [0.4, 0.5) is 0 Å². The number of aromatic carboxylic acids is 1. The maximum atomic E-state index is 11.1. The molecule has 20 heavy (non-hydrogen) atoms. The van der Waals surface area contributed by atoms with Gasteiger partial charge in [-0.3, -0.25) is 4.99 Å². The van der Waals surface area contributed by atoms with E-state index >= 15 is 0 Å². The largest absolute Gasteiger partial charge is 1.00 e. The Balaban J connectivity index is 0.00000200. The Kier molecular flexibility index (Phi) is 5.49. The molecule has 1 aliphatic heterocycles. The van der Waals surface area contributed by atoms with Gasteiger partial charge in [0.15, 0.2) is 0 Å². The van der Waals surface area contributed by atoms with Gasteiger partial charge < -0.3 is 15.2 Å².